The van der Waals surface area contributed by atoms with E-state index < -0.39 is 6.09 Å². The van der Waals surface area contributed by atoms with E-state index in [9.17, 15) is 4.79 Å². The third-order valence-electron chi connectivity index (χ3n) is 8.59. The summed E-state index contributed by atoms with van der Waals surface area (Å²) >= 11 is 1.38. The number of carbonyl (C=O) groups is 1. The lowest BCUT2D eigenvalue weighted by Gasteiger charge is -2.30. The van der Waals surface area contributed by atoms with Gasteiger partial charge in [-0.15, -0.1) is 11.3 Å². The van der Waals surface area contributed by atoms with Crippen LogP contribution in [0.1, 0.15) is 30.9 Å². The lowest BCUT2D eigenvalue weighted by molar-refractivity contribution is 0.122. The summed E-state index contributed by atoms with van der Waals surface area (Å²) in [6.07, 6.45) is 3.15. The highest BCUT2D eigenvalue weighted by atomic mass is 32.1. The molecule has 2 saturated heterocycles. The number of hydrogen-bond donors (Lipinski definition) is 0. The monoisotopic (exact) mass is 563 g/mol. The van der Waals surface area contributed by atoms with Crippen LogP contribution >= 0.6 is 11.3 Å². The molecule has 0 radical (unpaired) electrons. The number of nitrogens with zero attached hydrogens (tertiary/aromatic N) is 3. The summed E-state index contributed by atoms with van der Waals surface area (Å²) < 4.78 is 26.4. The number of halogens is 1. The summed E-state index contributed by atoms with van der Waals surface area (Å²) in [6, 6.07) is 17.8. The van der Waals surface area contributed by atoms with E-state index in [4.69, 9.17) is 9.47 Å². The van der Waals surface area contributed by atoms with Crippen LogP contribution in [0, 0.1) is 23.6 Å². The molecule has 212 valence electrons. The van der Waals surface area contributed by atoms with Gasteiger partial charge in [0.2, 0.25) is 0 Å². The normalized spacial score (nSPS) is 22.2. The molecule has 3 heterocycles. The predicted molar refractivity (Wildman–Crippen MR) is 158 cm³/mol. The Labute approximate surface area is 240 Å². The molecule has 3 aromatic rings. The maximum absolute atomic E-state index is 15.3. The van der Waals surface area contributed by atoms with E-state index in [0.717, 1.165) is 26.1 Å². The Morgan fingerprint density at radius 3 is 2.50 bits per heavy atom. The molecular formula is C32H38FN3O3S. The highest BCUT2D eigenvalue weighted by Crippen LogP contribution is 2.52. The second-order valence-corrected chi connectivity index (χ2v) is 12.2. The van der Waals surface area contributed by atoms with Crippen LogP contribution in [-0.2, 0) is 17.7 Å². The van der Waals surface area contributed by atoms with Crippen LogP contribution in [0.15, 0.2) is 60.0 Å². The van der Waals surface area contributed by atoms with Crippen molar-refractivity contribution in [3.63, 3.8) is 0 Å². The van der Waals surface area contributed by atoms with E-state index >= 15 is 4.39 Å². The Bertz CT molecular complexity index is 1270. The van der Waals surface area contributed by atoms with Gasteiger partial charge in [-0.1, -0.05) is 37.6 Å². The Morgan fingerprint density at radius 1 is 1.07 bits per heavy atom. The third kappa shape index (κ3) is 6.19. The zero-order valence-electron chi connectivity index (χ0n) is 23.1. The number of thiophene rings is 1. The summed E-state index contributed by atoms with van der Waals surface area (Å²) in [5.74, 6) is 1.18. The standard InChI is InChI=1S/C32H38FN3O3S/c1-2-3-5-23-7-9-24(10-8-23)19-34-20-26-27(21-34)28(26)22-36(32(37)39-31-6-4-17-40-31)25-11-12-30(29(33)18-25)35-13-15-38-16-14-35/h4,6-12,17-18,26-28H,2-3,5,13-16,19-22H2,1H3. The number of likely N-dealkylation sites (tertiary alicyclic amines) is 1. The minimum atomic E-state index is -0.453. The number of unbranched alkanes of at least 4 members (excludes halogenated alkanes) is 1. The Kier molecular flexibility index (Phi) is 8.37. The van der Waals surface area contributed by atoms with Crippen LogP contribution in [0.3, 0.4) is 0 Å². The van der Waals surface area contributed by atoms with E-state index in [1.54, 1.807) is 17.0 Å². The zero-order valence-corrected chi connectivity index (χ0v) is 24.0. The average molecular weight is 564 g/mol. The first kappa shape index (κ1) is 27.2. The Hall–Kier alpha value is -2.94. The number of rotatable bonds is 10. The Balaban J connectivity index is 1.10. The van der Waals surface area contributed by atoms with Crippen molar-refractivity contribution in [2.75, 3.05) is 55.7 Å². The molecular weight excluding hydrogens is 525 g/mol. The molecule has 6 nitrogen and oxygen atoms in total. The van der Waals surface area contributed by atoms with Crippen LogP contribution in [0.4, 0.5) is 20.6 Å². The molecule has 1 aromatic heterocycles. The van der Waals surface area contributed by atoms with Crippen LogP contribution in [0.5, 0.6) is 5.06 Å². The highest BCUT2D eigenvalue weighted by Gasteiger charge is 2.56. The number of morpholine rings is 1. The van der Waals surface area contributed by atoms with Gasteiger partial charge in [-0.2, -0.15) is 0 Å². The fourth-order valence-corrected chi connectivity index (χ4v) is 6.84. The van der Waals surface area contributed by atoms with Crippen LogP contribution in [0.2, 0.25) is 0 Å². The first-order valence-electron chi connectivity index (χ1n) is 14.5. The van der Waals surface area contributed by atoms with Crippen LogP contribution < -0.4 is 14.5 Å². The second kappa shape index (κ2) is 12.3. The molecule has 1 aliphatic carbocycles. The number of ether oxygens (including phenoxy) is 2. The molecule has 8 heteroatoms. The molecule has 3 fully saturated rings. The molecule has 0 spiro atoms. The number of hydrogen-bond acceptors (Lipinski definition) is 6. The van der Waals surface area contributed by atoms with Gasteiger partial charge in [0, 0.05) is 39.3 Å². The molecule has 2 aliphatic heterocycles. The summed E-state index contributed by atoms with van der Waals surface area (Å²) in [6.45, 7) is 8.29. The largest absolute Gasteiger partial charge is 0.420 e. The van der Waals surface area contributed by atoms with E-state index in [2.05, 4.69) is 36.1 Å². The first-order chi connectivity index (χ1) is 19.6. The molecule has 2 atom stereocenters. The number of benzene rings is 2. The lowest BCUT2D eigenvalue weighted by atomic mass is 10.1. The number of piperidine rings is 1. The number of amides is 1. The van der Waals surface area contributed by atoms with Crippen molar-refractivity contribution >= 4 is 28.8 Å². The van der Waals surface area contributed by atoms with Gasteiger partial charge in [0.25, 0.3) is 0 Å². The minimum Gasteiger partial charge on any atom is -0.399 e. The number of aryl methyl sites for hydroxylation is 1. The number of anilines is 2. The van der Waals surface area contributed by atoms with Crippen LogP contribution in [0.25, 0.3) is 0 Å². The third-order valence-corrected chi connectivity index (χ3v) is 9.33. The second-order valence-electron chi connectivity index (χ2n) is 11.3. The summed E-state index contributed by atoms with van der Waals surface area (Å²) in [5, 5.41) is 2.42. The van der Waals surface area contributed by atoms with Crippen molar-refractivity contribution in [2.24, 2.45) is 17.8 Å². The fraction of sp³-hybridized carbons (Fsp3) is 0.469. The van der Waals surface area contributed by atoms with Gasteiger partial charge in [0.05, 0.1) is 24.6 Å². The van der Waals surface area contributed by atoms with Gasteiger partial charge in [-0.25, -0.2) is 9.18 Å². The van der Waals surface area contributed by atoms with E-state index in [-0.39, 0.29) is 5.82 Å². The maximum Gasteiger partial charge on any atom is 0.420 e. The quantitative estimate of drug-likeness (QED) is 0.284. The number of carbonyl (C=O) groups excluding carboxylic acids is 1. The molecule has 2 unspecified atom stereocenters. The van der Waals surface area contributed by atoms with Gasteiger partial charge in [0.1, 0.15) is 5.82 Å². The van der Waals surface area contributed by atoms with Crippen molar-refractivity contribution in [1.82, 2.24) is 4.90 Å². The molecule has 6 rings (SSSR count). The fourth-order valence-electron chi connectivity index (χ4n) is 6.27. The van der Waals surface area contributed by atoms with Crippen molar-refractivity contribution in [3.05, 3.63) is 76.9 Å². The SMILES string of the molecule is CCCCc1ccc(CN2CC3C(C2)C3CN(C(=O)Oc2cccs2)c2ccc(N3CCOCC3)c(F)c2)cc1. The molecule has 2 aromatic carbocycles. The molecule has 40 heavy (non-hydrogen) atoms. The van der Waals surface area contributed by atoms with Crippen molar-refractivity contribution in [1.29, 1.82) is 0 Å². The number of fused-ring (bicyclic) bond motifs is 1. The van der Waals surface area contributed by atoms with Gasteiger partial charge >= 0.3 is 6.09 Å². The molecule has 0 bridgehead atoms. The summed E-state index contributed by atoms with van der Waals surface area (Å²) in [5.41, 5.74) is 3.87. The van der Waals surface area contributed by atoms with E-state index in [1.807, 2.05) is 22.4 Å². The first-order valence-corrected chi connectivity index (χ1v) is 15.4. The van der Waals surface area contributed by atoms with Crippen molar-refractivity contribution < 1.29 is 18.7 Å². The van der Waals surface area contributed by atoms with Crippen LogP contribution in [-0.4, -0.2) is 56.9 Å². The topological polar surface area (TPSA) is 45.2 Å². The van der Waals surface area contributed by atoms with Gasteiger partial charge in [-0.3, -0.25) is 9.80 Å². The average Bonchev–Trinajstić information content (AvgIpc) is 3.31. The highest BCUT2D eigenvalue weighted by molar-refractivity contribution is 7.11. The summed E-state index contributed by atoms with van der Waals surface area (Å²) in [4.78, 5) is 19.5. The minimum absolute atomic E-state index is 0.323. The van der Waals surface area contributed by atoms with E-state index in [0.29, 0.717) is 67.0 Å². The lowest BCUT2D eigenvalue weighted by Crippen LogP contribution is -2.38. The molecule has 1 amide bonds. The predicted octanol–water partition coefficient (Wildman–Crippen LogP) is 6.45. The van der Waals surface area contributed by atoms with Gasteiger partial charge < -0.3 is 14.4 Å². The van der Waals surface area contributed by atoms with E-state index in [1.165, 1.54) is 41.4 Å². The van der Waals surface area contributed by atoms with Gasteiger partial charge in [-0.05, 0) is 77.4 Å². The van der Waals surface area contributed by atoms with Crippen molar-refractivity contribution in [2.45, 2.75) is 32.7 Å². The van der Waals surface area contributed by atoms with Gasteiger partial charge in [0.15, 0.2) is 5.06 Å². The molecule has 1 saturated carbocycles. The Morgan fingerprint density at radius 2 is 1.82 bits per heavy atom. The molecule has 3 aliphatic rings. The van der Waals surface area contributed by atoms with Crippen molar-refractivity contribution in [3.8, 4) is 5.06 Å². The smallest absolute Gasteiger partial charge is 0.399 e. The zero-order chi connectivity index (χ0) is 27.5. The maximum atomic E-state index is 15.3. The summed E-state index contributed by atoms with van der Waals surface area (Å²) in [7, 11) is 0. The molecule has 0 N–H and O–H groups in total.